The molecule has 0 amide bonds. The topological polar surface area (TPSA) is 98.2 Å². The Bertz CT molecular complexity index is 1180. The summed E-state index contributed by atoms with van der Waals surface area (Å²) in [6.45, 7) is 0. The predicted molar refractivity (Wildman–Crippen MR) is 152 cm³/mol. The van der Waals surface area contributed by atoms with E-state index in [0.717, 1.165) is 22.7 Å². The van der Waals surface area contributed by atoms with Gasteiger partial charge in [-0.25, -0.2) is 0 Å². The van der Waals surface area contributed by atoms with Crippen molar-refractivity contribution in [2.75, 3.05) is 10.9 Å². The van der Waals surface area contributed by atoms with Gasteiger partial charge in [0.05, 0.1) is 33.1 Å². The molecular weight excluding hydrogens is 689 g/mol. The second kappa shape index (κ2) is 17.8. The number of hydrazone groups is 2. The van der Waals surface area contributed by atoms with Crippen LogP contribution in [0.25, 0.3) is 0 Å². The molecule has 0 radical (unpaired) electrons. The molecule has 4 aromatic carbocycles. The minimum atomic E-state index is 0. The van der Waals surface area contributed by atoms with Crippen LogP contribution in [0, 0.1) is 0 Å². The van der Waals surface area contributed by atoms with Crippen molar-refractivity contribution < 1.29 is 27.7 Å². The number of benzene rings is 4. The van der Waals surface area contributed by atoms with Crippen LogP contribution in [0.5, 0.6) is 0 Å². The summed E-state index contributed by atoms with van der Waals surface area (Å²) in [4.78, 5) is 0. The van der Waals surface area contributed by atoms with Crippen molar-refractivity contribution >= 4 is 58.3 Å². The normalized spacial score (nSPS) is 11.4. The number of hydrogen-bond donors (Lipinski definition) is 2. The Morgan fingerprint density at radius 1 is 0.459 bits per heavy atom. The molecule has 11 heteroatoms. The summed E-state index contributed by atoms with van der Waals surface area (Å²) in [7, 11) is 0. The van der Waals surface area contributed by atoms with Crippen LogP contribution < -0.4 is 10.9 Å². The summed E-state index contributed by atoms with van der Waals surface area (Å²) in [5.41, 5.74) is 8.82. The van der Waals surface area contributed by atoms with Gasteiger partial charge in [-0.1, -0.05) is 72.8 Å². The monoisotopic (exact) mass is 712 g/mol. The first kappa shape index (κ1) is 29.6. The molecule has 0 aliphatic carbocycles. The third-order valence-electron chi connectivity index (χ3n) is 4.12. The Morgan fingerprint density at radius 3 is 1.08 bits per heavy atom. The van der Waals surface area contributed by atoms with Gasteiger partial charge < -0.3 is 25.3 Å². The molecule has 0 aliphatic rings. The van der Waals surface area contributed by atoms with Gasteiger partial charge >= 0.3 is 27.7 Å². The summed E-state index contributed by atoms with van der Waals surface area (Å²) in [6.07, 6.45) is 0. The van der Waals surface area contributed by atoms with E-state index in [-0.39, 0.29) is 38.0 Å². The maximum Gasteiger partial charge on any atom is 2.00 e. The Kier molecular flexibility index (Phi) is 14.2. The molecule has 4 rings (SSSR count). The Morgan fingerprint density at radius 2 is 0.757 bits per heavy atom. The van der Waals surface area contributed by atoms with E-state index in [4.69, 9.17) is 25.3 Å². The molecule has 0 saturated heterocycles. The van der Waals surface area contributed by atoms with Crippen LogP contribution in [-0.4, -0.2) is 10.3 Å². The molecule has 0 bridgehead atoms. The average Bonchev–Trinajstić information content (AvgIpc) is 2.95. The van der Waals surface area contributed by atoms with Crippen molar-refractivity contribution in [2.24, 2.45) is 30.7 Å². The molecule has 0 heterocycles. The number of para-hydroxylation sites is 2. The SMILES string of the molecule is [Hg+2].[S-]C(=N\Nc1ccccc1)/N=N/c1ccccc1.[S-]C(=N\Nc1ccccc1)/N=N/c1ccccc1. The third-order valence-corrected chi connectivity index (χ3v) is 4.47. The van der Waals surface area contributed by atoms with Crippen molar-refractivity contribution in [2.45, 2.75) is 0 Å². The molecule has 0 saturated carbocycles. The number of amidine groups is 2. The fraction of sp³-hybridized carbons (Fsp3) is 0. The van der Waals surface area contributed by atoms with Gasteiger partial charge in [0.25, 0.3) is 0 Å². The number of hydrogen-bond acceptors (Lipinski definition) is 8. The van der Waals surface area contributed by atoms with Gasteiger partial charge in [-0.2, -0.15) is 30.7 Å². The molecular formula is C26H22HgN8S2. The zero-order valence-electron chi connectivity index (χ0n) is 19.8. The van der Waals surface area contributed by atoms with E-state index in [0.29, 0.717) is 0 Å². The van der Waals surface area contributed by atoms with Gasteiger partial charge in [0.2, 0.25) is 0 Å². The van der Waals surface area contributed by atoms with E-state index in [1.165, 1.54) is 0 Å². The van der Waals surface area contributed by atoms with Gasteiger partial charge in [-0.05, 0) is 48.5 Å². The predicted octanol–water partition coefficient (Wildman–Crippen LogP) is 7.40. The van der Waals surface area contributed by atoms with Crippen LogP contribution in [0.4, 0.5) is 22.7 Å². The number of azo groups is 2. The molecule has 0 spiro atoms. The zero-order chi connectivity index (χ0) is 25.3. The Balaban J connectivity index is 0.000000253. The van der Waals surface area contributed by atoms with E-state index in [1.807, 2.05) is 121 Å². The van der Waals surface area contributed by atoms with Crippen LogP contribution >= 0.6 is 0 Å². The summed E-state index contributed by atoms with van der Waals surface area (Å²) in [5.74, 6) is 0. The molecule has 0 fully saturated rings. The van der Waals surface area contributed by atoms with Crippen LogP contribution in [0.15, 0.2) is 152 Å². The first-order valence-electron chi connectivity index (χ1n) is 10.7. The number of nitrogens with one attached hydrogen (secondary N) is 2. The van der Waals surface area contributed by atoms with Crippen molar-refractivity contribution in [3.63, 3.8) is 0 Å². The van der Waals surface area contributed by atoms with Gasteiger partial charge in [-0.3, -0.25) is 10.9 Å². The Labute approximate surface area is 247 Å². The maximum atomic E-state index is 4.96. The van der Waals surface area contributed by atoms with Crippen molar-refractivity contribution in [1.29, 1.82) is 0 Å². The van der Waals surface area contributed by atoms with E-state index >= 15 is 0 Å². The second-order valence-electron chi connectivity index (χ2n) is 6.82. The minimum absolute atomic E-state index is 0. The van der Waals surface area contributed by atoms with Gasteiger partial charge in [-0.15, -0.1) is 0 Å². The van der Waals surface area contributed by atoms with E-state index in [2.05, 4.69) is 41.5 Å². The molecule has 0 aromatic heterocycles. The van der Waals surface area contributed by atoms with Crippen molar-refractivity contribution in [1.82, 2.24) is 0 Å². The van der Waals surface area contributed by atoms with Crippen LogP contribution in [-0.2, 0) is 52.9 Å². The molecule has 4 aromatic rings. The van der Waals surface area contributed by atoms with Crippen LogP contribution in [0.3, 0.4) is 0 Å². The fourth-order valence-corrected chi connectivity index (χ4v) is 2.66. The van der Waals surface area contributed by atoms with Crippen molar-refractivity contribution in [3.05, 3.63) is 121 Å². The van der Waals surface area contributed by atoms with E-state index < -0.39 is 0 Å². The zero-order valence-corrected chi connectivity index (χ0v) is 26.9. The molecule has 8 nitrogen and oxygen atoms in total. The van der Waals surface area contributed by atoms with E-state index in [1.54, 1.807) is 0 Å². The average molecular weight is 711 g/mol. The summed E-state index contributed by atoms with van der Waals surface area (Å²) in [5, 5.41) is 23.8. The van der Waals surface area contributed by atoms with Gasteiger partial charge in [0.15, 0.2) is 0 Å². The first-order valence-corrected chi connectivity index (χ1v) is 11.6. The molecule has 2 N–H and O–H groups in total. The molecule has 0 atom stereocenters. The van der Waals surface area contributed by atoms with Gasteiger partial charge in [0, 0.05) is 0 Å². The first-order chi connectivity index (χ1) is 17.7. The fourth-order valence-electron chi connectivity index (χ4n) is 2.49. The van der Waals surface area contributed by atoms with Gasteiger partial charge in [0.1, 0.15) is 0 Å². The largest absolute Gasteiger partial charge is 2.00 e. The molecule has 37 heavy (non-hydrogen) atoms. The molecule has 0 aliphatic heterocycles. The van der Waals surface area contributed by atoms with Crippen LogP contribution in [0.2, 0.25) is 0 Å². The second-order valence-corrected chi connectivity index (χ2v) is 7.55. The molecule has 180 valence electrons. The van der Waals surface area contributed by atoms with Crippen molar-refractivity contribution in [3.8, 4) is 0 Å². The maximum absolute atomic E-state index is 4.96. The minimum Gasteiger partial charge on any atom is -0.737 e. The summed E-state index contributed by atoms with van der Waals surface area (Å²) in [6, 6.07) is 37.8. The molecule has 0 unspecified atom stereocenters. The van der Waals surface area contributed by atoms with Crippen LogP contribution in [0.1, 0.15) is 0 Å². The Hall–Kier alpha value is -3.60. The third kappa shape index (κ3) is 12.8. The quantitative estimate of drug-likeness (QED) is 0.0545. The summed E-state index contributed by atoms with van der Waals surface area (Å²) >= 11 is 9.93. The standard InChI is InChI=1S/2C13H12N4S.Hg/c2*18-13(16-14-11-7-3-1-4-8-11)17-15-12-9-5-2-6-10-12;/h2*1-10,14H,(H,16,18);/q;;+2/p-2/b2*17-15+;. The summed E-state index contributed by atoms with van der Waals surface area (Å²) < 4.78 is 0. The number of nitrogens with zero attached hydrogens (tertiary/aromatic N) is 6. The van der Waals surface area contributed by atoms with E-state index in [9.17, 15) is 0 Å². The number of rotatable bonds is 6. The number of anilines is 2. The smallest absolute Gasteiger partial charge is 0.737 e.